The van der Waals surface area contributed by atoms with Gasteiger partial charge in [0, 0.05) is 12.2 Å². The number of rotatable bonds is 3. The molecule has 0 unspecified atom stereocenters. The number of hydrogen-bond donors (Lipinski definition) is 1. The van der Waals surface area contributed by atoms with E-state index in [4.69, 9.17) is 14.7 Å². The first-order valence-corrected chi connectivity index (χ1v) is 6.08. The molecule has 0 bridgehead atoms. The maximum Gasteiger partial charge on any atom is 0.231 e. The highest BCUT2D eigenvalue weighted by molar-refractivity contribution is 5.51. The molecule has 0 saturated carbocycles. The van der Waals surface area contributed by atoms with E-state index in [2.05, 4.69) is 5.32 Å². The number of ether oxygens (including phenoxy) is 2. The molecule has 1 heterocycles. The van der Waals surface area contributed by atoms with E-state index in [1.807, 2.05) is 24.3 Å². The summed E-state index contributed by atoms with van der Waals surface area (Å²) in [5.41, 5.74) is 1.73. The first kappa shape index (κ1) is 12.3. The van der Waals surface area contributed by atoms with Crippen molar-refractivity contribution in [1.82, 2.24) is 0 Å². The SMILES string of the molecule is N#Cc1cc(NCc2ccc3c(c2)OCO3)ccc1F. The van der Waals surface area contributed by atoms with Crippen LogP contribution in [0.3, 0.4) is 0 Å². The molecule has 3 rings (SSSR count). The highest BCUT2D eigenvalue weighted by atomic mass is 19.1. The second-order valence-corrected chi connectivity index (χ2v) is 4.35. The molecule has 1 N–H and O–H groups in total. The van der Waals surface area contributed by atoms with Crippen LogP contribution in [0.15, 0.2) is 36.4 Å². The molecule has 0 amide bonds. The van der Waals surface area contributed by atoms with Gasteiger partial charge in [0.25, 0.3) is 0 Å². The molecule has 2 aromatic rings. The molecular weight excluding hydrogens is 259 g/mol. The molecular formula is C15H11FN2O2. The summed E-state index contributed by atoms with van der Waals surface area (Å²) >= 11 is 0. The van der Waals surface area contributed by atoms with Gasteiger partial charge in [0.15, 0.2) is 11.5 Å². The fourth-order valence-electron chi connectivity index (χ4n) is 1.98. The molecule has 0 fully saturated rings. The smallest absolute Gasteiger partial charge is 0.231 e. The van der Waals surface area contributed by atoms with Crippen LogP contribution in [0.25, 0.3) is 0 Å². The standard InChI is InChI=1S/C15H11FN2O2/c16-13-3-2-12(6-11(13)7-17)18-8-10-1-4-14-15(5-10)20-9-19-14/h1-6,18H,8-9H2. The van der Waals surface area contributed by atoms with Gasteiger partial charge in [0.2, 0.25) is 6.79 Å². The van der Waals surface area contributed by atoms with Crippen LogP contribution in [-0.2, 0) is 6.54 Å². The number of benzene rings is 2. The number of nitrogens with zero attached hydrogens (tertiary/aromatic N) is 1. The molecule has 0 aromatic heterocycles. The summed E-state index contributed by atoms with van der Waals surface area (Å²) in [5.74, 6) is 0.949. The molecule has 0 aliphatic carbocycles. The van der Waals surface area contributed by atoms with Gasteiger partial charge in [-0.1, -0.05) is 6.07 Å². The van der Waals surface area contributed by atoms with Crippen molar-refractivity contribution in [3.8, 4) is 17.6 Å². The van der Waals surface area contributed by atoms with Crippen LogP contribution in [0.5, 0.6) is 11.5 Å². The lowest BCUT2D eigenvalue weighted by Gasteiger charge is -2.08. The maximum absolute atomic E-state index is 13.2. The third-order valence-corrected chi connectivity index (χ3v) is 3.02. The Labute approximate surface area is 115 Å². The van der Waals surface area contributed by atoms with E-state index < -0.39 is 5.82 Å². The Kier molecular flexibility index (Phi) is 3.13. The van der Waals surface area contributed by atoms with E-state index >= 15 is 0 Å². The van der Waals surface area contributed by atoms with Gasteiger partial charge in [-0.2, -0.15) is 5.26 Å². The van der Waals surface area contributed by atoms with Crippen LogP contribution in [0.4, 0.5) is 10.1 Å². The molecule has 0 spiro atoms. The van der Waals surface area contributed by atoms with Crippen LogP contribution < -0.4 is 14.8 Å². The number of halogens is 1. The van der Waals surface area contributed by atoms with Gasteiger partial charge in [0.1, 0.15) is 11.9 Å². The Morgan fingerprint density at radius 3 is 2.85 bits per heavy atom. The van der Waals surface area contributed by atoms with Crippen molar-refractivity contribution in [2.24, 2.45) is 0 Å². The van der Waals surface area contributed by atoms with E-state index in [0.29, 0.717) is 12.2 Å². The van der Waals surface area contributed by atoms with Gasteiger partial charge < -0.3 is 14.8 Å². The quantitative estimate of drug-likeness (QED) is 0.931. The summed E-state index contributed by atoms with van der Waals surface area (Å²) in [5, 5.41) is 11.9. The van der Waals surface area contributed by atoms with Crippen LogP contribution in [-0.4, -0.2) is 6.79 Å². The number of nitriles is 1. The summed E-state index contributed by atoms with van der Waals surface area (Å²) in [4.78, 5) is 0. The number of nitrogens with one attached hydrogen (secondary N) is 1. The molecule has 1 aliphatic rings. The van der Waals surface area contributed by atoms with E-state index in [1.54, 1.807) is 6.07 Å². The van der Waals surface area contributed by atoms with Crippen molar-refractivity contribution in [3.05, 3.63) is 53.3 Å². The second-order valence-electron chi connectivity index (χ2n) is 4.35. The second kappa shape index (κ2) is 5.10. The summed E-state index contributed by atoms with van der Waals surface area (Å²) in [6.07, 6.45) is 0. The van der Waals surface area contributed by atoms with Crippen LogP contribution in [0.2, 0.25) is 0 Å². The molecule has 1 aliphatic heterocycles. The molecule has 5 heteroatoms. The van der Waals surface area contributed by atoms with E-state index in [0.717, 1.165) is 17.1 Å². The zero-order valence-electron chi connectivity index (χ0n) is 10.5. The molecule has 4 nitrogen and oxygen atoms in total. The predicted molar refractivity (Wildman–Crippen MR) is 71.0 cm³/mol. The Bertz CT molecular complexity index is 695. The van der Waals surface area contributed by atoms with Gasteiger partial charge in [0.05, 0.1) is 5.56 Å². The maximum atomic E-state index is 13.2. The normalized spacial score (nSPS) is 12.0. The summed E-state index contributed by atoms with van der Waals surface area (Å²) in [7, 11) is 0. The largest absolute Gasteiger partial charge is 0.454 e. The highest BCUT2D eigenvalue weighted by Gasteiger charge is 2.13. The fourth-order valence-corrected chi connectivity index (χ4v) is 1.98. The third kappa shape index (κ3) is 2.36. The Morgan fingerprint density at radius 1 is 1.15 bits per heavy atom. The average Bonchev–Trinajstić information content (AvgIpc) is 2.94. The van der Waals surface area contributed by atoms with Crippen molar-refractivity contribution in [2.45, 2.75) is 6.54 Å². The van der Waals surface area contributed by atoms with Crippen molar-refractivity contribution in [1.29, 1.82) is 5.26 Å². The summed E-state index contributed by atoms with van der Waals surface area (Å²) in [6.45, 7) is 0.794. The van der Waals surface area contributed by atoms with Crippen LogP contribution in [0.1, 0.15) is 11.1 Å². The summed E-state index contributed by atoms with van der Waals surface area (Å²) < 4.78 is 23.7. The van der Waals surface area contributed by atoms with Gasteiger partial charge in [-0.05, 0) is 35.9 Å². The topological polar surface area (TPSA) is 54.3 Å². The van der Waals surface area contributed by atoms with Crippen LogP contribution in [0, 0.1) is 17.1 Å². The van der Waals surface area contributed by atoms with E-state index in [-0.39, 0.29) is 12.4 Å². The Hall–Kier alpha value is -2.74. The van der Waals surface area contributed by atoms with Crippen molar-refractivity contribution >= 4 is 5.69 Å². The lowest BCUT2D eigenvalue weighted by Crippen LogP contribution is -2.00. The minimum Gasteiger partial charge on any atom is -0.454 e. The minimum absolute atomic E-state index is 0.0284. The lowest BCUT2D eigenvalue weighted by molar-refractivity contribution is 0.174. The Balaban J connectivity index is 1.72. The van der Waals surface area contributed by atoms with Gasteiger partial charge >= 0.3 is 0 Å². The zero-order chi connectivity index (χ0) is 13.9. The van der Waals surface area contributed by atoms with Gasteiger partial charge in [-0.25, -0.2) is 4.39 Å². The van der Waals surface area contributed by atoms with E-state index in [1.165, 1.54) is 12.1 Å². The lowest BCUT2D eigenvalue weighted by atomic mass is 10.1. The van der Waals surface area contributed by atoms with Crippen molar-refractivity contribution < 1.29 is 13.9 Å². The van der Waals surface area contributed by atoms with Crippen molar-refractivity contribution in [3.63, 3.8) is 0 Å². The minimum atomic E-state index is -0.513. The number of anilines is 1. The highest BCUT2D eigenvalue weighted by Crippen LogP contribution is 2.32. The van der Waals surface area contributed by atoms with Gasteiger partial charge in [-0.3, -0.25) is 0 Å². The third-order valence-electron chi connectivity index (χ3n) is 3.02. The molecule has 0 atom stereocenters. The molecule has 0 saturated heterocycles. The van der Waals surface area contributed by atoms with E-state index in [9.17, 15) is 4.39 Å². The van der Waals surface area contributed by atoms with Gasteiger partial charge in [-0.15, -0.1) is 0 Å². The average molecular weight is 270 g/mol. The Morgan fingerprint density at radius 2 is 2.00 bits per heavy atom. The predicted octanol–water partition coefficient (Wildman–Crippen LogP) is 3.04. The summed E-state index contributed by atoms with van der Waals surface area (Å²) in [6, 6.07) is 11.9. The number of hydrogen-bond acceptors (Lipinski definition) is 4. The van der Waals surface area contributed by atoms with Crippen LogP contribution >= 0.6 is 0 Å². The molecule has 2 aromatic carbocycles. The molecule has 20 heavy (non-hydrogen) atoms. The fraction of sp³-hybridized carbons (Fsp3) is 0.133. The first-order valence-electron chi connectivity index (χ1n) is 6.08. The molecule has 100 valence electrons. The first-order chi connectivity index (χ1) is 9.76. The zero-order valence-corrected chi connectivity index (χ0v) is 10.5. The molecule has 0 radical (unpaired) electrons. The van der Waals surface area contributed by atoms with Crippen molar-refractivity contribution in [2.75, 3.05) is 12.1 Å². The monoisotopic (exact) mass is 270 g/mol. The number of fused-ring (bicyclic) bond motifs is 1.